The van der Waals surface area contributed by atoms with Crippen molar-refractivity contribution in [3.05, 3.63) is 22.1 Å². The van der Waals surface area contributed by atoms with Gasteiger partial charge in [-0.1, -0.05) is 32.6 Å². The molecule has 3 heterocycles. The fraction of sp³-hybridized carbons (Fsp3) is 0.667. The normalized spacial score (nSPS) is 15.7. The Morgan fingerprint density at radius 2 is 1.90 bits per heavy atom. The number of hydrogen-bond donors (Lipinski definition) is 4. The van der Waals surface area contributed by atoms with Crippen molar-refractivity contribution in [2.45, 2.75) is 52.0 Å². The van der Waals surface area contributed by atoms with Crippen molar-refractivity contribution in [3.8, 4) is 0 Å². The summed E-state index contributed by atoms with van der Waals surface area (Å²) in [6.45, 7) is 7.32. The molecule has 0 atom stereocenters. The third-order valence-corrected chi connectivity index (χ3v) is 5.66. The minimum absolute atomic E-state index is 0.124. The van der Waals surface area contributed by atoms with Crippen molar-refractivity contribution in [2.75, 3.05) is 44.6 Å². The smallest absolute Gasteiger partial charge is 0.262 e. The zero-order chi connectivity index (χ0) is 21.3. The monoisotopic (exact) mass is 418 g/mol. The molecule has 0 radical (unpaired) electrons. The van der Waals surface area contributed by atoms with E-state index in [0.717, 1.165) is 51.0 Å². The third-order valence-electron chi connectivity index (χ3n) is 5.66. The molecule has 1 amide bonds. The standard InChI is InChI=1S/C21H34N6O3/c1-2-3-4-5-6-7-17(29)23-21-24-19-18(20(30)25-21)16(14-22-19)15-27-10-8-26(9-11-27)12-13-28/h14,28H,2-13,15H2,1H3,(H3,22,23,24,25,29,30). The number of nitrogens with one attached hydrogen (secondary N) is 3. The Kier molecular flexibility index (Phi) is 8.41. The number of carbonyl (C=O) groups is 1. The number of piperazine rings is 1. The van der Waals surface area contributed by atoms with E-state index >= 15 is 0 Å². The predicted molar refractivity (Wildman–Crippen MR) is 118 cm³/mol. The summed E-state index contributed by atoms with van der Waals surface area (Å²) in [6.07, 6.45) is 7.66. The average molecular weight is 419 g/mol. The molecule has 2 aromatic heterocycles. The molecule has 4 N–H and O–H groups in total. The number of rotatable bonds is 11. The Hall–Kier alpha value is -2.23. The van der Waals surface area contributed by atoms with E-state index in [1.807, 2.05) is 6.20 Å². The number of amides is 1. The Morgan fingerprint density at radius 3 is 2.63 bits per heavy atom. The molecule has 9 heteroatoms. The molecule has 0 aromatic carbocycles. The van der Waals surface area contributed by atoms with Gasteiger partial charge in [0.1, 0.15) is 5.65 Å². The van der Waals surface area contributed by atoms with Crippen LogP contribution in [-0.4, -0.2) is 75.1 Å². The van der Waals surface area contributed by atoms with Crippen molar-refractivity contribution in [3.63, 3.8) is 0 Å². The van der Waals surface area contributed by atoms with Gasteiger partial charge >= 0.3 is 0 Å². The van der Waals surface area contributed by atoms with Gasteiger partial charge in [0.05, 0.1) is 12.0 Å². The van der Waals surface area contributed by atoms with Gasteiger partial charge in [-0.25, -0.2) is 0 Å². The maximum absolute atomic E-state index is 12.7. The molecule has 3 rings (SSSR count). The Balaban J connectivity index is 1.57. The number of β-amino-alcohol motifs (C(OH)–C–C–N with tert-alkyl or cyclic N) is 1. The summed E-state index contributed by atoms with van der Waals surface area (Å²) >= 11 is 0. The largest absolute Gasteiger partial charge is 0.395 e. The van der Waals surface area contributed by atoms with E-state index in [1.54, 1.807) is 0 Å². The number of hydrogen-bond acceptors (Lipinski definition) is 6. The molecule has 30 heavy (non-hydrogen) atoms. The summed E-state index contributed by atoms with van der Waals surface area (Å²) in [5.74, 6) is 0.0682. The maximum Gasteiger partial charge on any atom is 0.262 e. The number of fused-ring (bicyclic) bond motifs is 1. The first-order chi connectivity index (χ1) is 14.6. The van der Waals surface area contributed by atoms with Crippen LogP contribution in [0.15, 0.2) is 11.0 Å². The first kappa shape index (κ1) is 22.5. The van der Waals surface area contributed by atoms with Crippen LogP contribution in [0.2, 0.25) is 0 Å². The lowest BCUT2D eigenvalue weighted by Crippen LogP contribution is -2.46. The highest BCUT2D eigenvalue weighted by Gasteiger charge is 2.19. The molecule has 1 aliphatic rings. The molecule has 0 spiro atoms. The first-order valence-corrected chi connectivity index (χ1v) is 11.1. The molecule has 0 saturated carbocycles. The number of unbranched alkanes of at least 4 members (excludes halogenated alkanes) is 4. The third kappa shape index (κ3) is 6.13. The fourth-order valence-electron chi connectivity index (χ4n) is 3.92. The fourth-order valence-corrected chi connectivity index (χ4v) is 3.92. The molecule has 0 aliphatic carbocycles. The van der Waals surface area contributed by atoms with E-state index in [9.17, 15) is 9.59 Å². The van der Waals surface area contributed by atoms with Crippen LogP contribution in [0.4, 0.5) is 5.95 Å². The van der Waals surface area contributed by atoms with Crippen LogP contribution in [-0.2, 0) is 11.3 Å². The quantitative estimate of drug-likeness (QED) is 0.412. The van der Waals surface area contributed by atoms with E-state index in [0.29, 0.717) is 30.5 Å². The number of anilines is 1. The van der Waals surface area contributed by atoms with E-state index in [1.165, 1.54) is 12.8 Å². The van der Waals surface area contributed by atoms with Gasteiger partial charge in [0, 0.05) is 51.9 Å². The lowest BCUT2D eigenvalue weighted by Gasteiger charge is -2.34. The van der Waals surface area contributed by atoms with E-state index in [-0.39, 0.29) is 24.0 Å². The minimum Gasteiger partial charge on any atom is -0.395 e. The van der Waals surface area contributed by atoms with E-state index < -0.39 is 0 Å². The zero-order valence-corrected chi connectivity index (χ0v) is 17.9. The minimum atomic E-state index is -0.242. The van der Waals surface area contributed by atoms with Gasteiger partial charge in [-0.3, -0.25) is 29.7 Å². The number of nitrogens with zero attached hydrogens (tertiary/aromatic N) is 3. The van der Waals surface area contributed by atoms with Gasteiger partial charge in [-0.15, -0.1) is 0 Å². The Morgan fingerprint density at radius 1 is 1.17 bits per heavy atom. The van der Waals surface area contributed by atoms with Crippen molar-refractivity contribution >= 4 is 22.9 Å². The summed E-state index contributed by atoms with van der Waals surface area (Å²) in [6, 6.07) is 0. The van der Waals surface area contributed by atoms with E-state index in [4.69, 9.17) is 5.11 Å². The highest BCUT2D eigenvalue weighted by molar-refractivity contribution is 5.90. The number of aromatic amines is 2. The van der Waals surface area contributed by atoms with Gasteiger partial charge in [-0.2, -0.15) is 4.98 Å². The van der Waals surface area contributed by atoms with E-state index in [2.05, 4.69) is 37.0 Å². The second kappa shape index (κ2) is 11.2. The predicted octanol–water partition coefficient (Wildman–Crippen LogP) is 1.66. The molecular formula is C21H34N6O3. The van der Waals surface area contributed by atoms with Crippen LogP contribution in [0.25, 0.3) is 11.0 Å². The molecule has 1 aliphatic heterocycles. The number of aromatic nitrogens is 3. The molecule has 0 bridgehead atoms. The highest BCUT2D eigenvalue weighted by Crippen LogP contribution is 2.17. The van der Waals surface area contributed by atoms with Gasteiger partial charge in [0.25, 0.3) is 5.56 Å². The summed E-state index contributed by atoms with van der Waals surface area (Å²) < 4.78 is 0. The van der Waals surface area contributed by atoms with Crippen LogP contribution in [0.1, 0.15) is 51.0 Å². The molecule has 166 valence electrons. The number of H-pyrrole nitrogens is 2. The van der Waals surface area contributed by atoms with Crippen molar-refractivity contribution in [2.24, 2.45) is 0 Å². The zero-order valence-electron chi connectivity index (χ0n) is 17.9. The van der Waals surface area contributed by atoms with Crippen molar-refractivity contribution in [1.82, 2.24) is 24.8 Å². The van der Waals surface area contributed by atoms with Crippen molar-refractivity contribution < 1.29 is 9.90 Å². The summed E-state index contributed by atoms with van der Waals surface area (Å²) in [7, 11) is 0. The highest BCUT2D eigenvalue weighted by atomic mass is 16.3. The lowest BCUT2D eigenvalue weighted by molar-refractivity contribution is -0.116. The lowest BCUT2D eigenvalue weighted by atomic mass is 10.1. The van der Waals surface area contributed by atoms with Crippen molar-refractivity contribution in [1.29, 1.82) is 0 Å². The van der Waals surface area contributed by atoms with Gasteiger partial charge in [0.2, 0.25) is 11.9 Å². The van der Waals surface area contributed by atoms with Crippen LogP contribution in [0.5, 0.6) is 0 Å². The van der Waals surface area contributed by atoms with Crippen LogP contribution in [0, 0.1) is 0 Å². The Labute approximate surface area is 176 Å². The molecule has 9 nitrogen and oxygen atoms in total. The summed E-state index contributed by atoms with van der Waals surface area (Å²) in [5, 5.41) is 12.3. The number of aliphatic hydroxyl groups is 1. The molecule has 1 fully saturated rings. The number of carbonyl (C=O) groups excluding carboxylic acids is 1. The van der Waals surface area contributed by atoms with Crippen LogP contribution in [0.3, 0.4) is 0 Å². The average Bonchev–Trinajstić information content (AvgIpc) is 3.12. The second-order valence-corrected chi connectivity index (χ2v) is 8.01. The summed E-state index contributed by atoms with van der Waals surface area (Å²) in [4.78, 5) is 39.5. The molecule has 1 saturated heterocycles. The first-order valence-electron chi connectivity index (χ1n) is 11.1. The SMILES string of the molecule is CCCCCCCC(=O)Nc1nc2[nH]cc(CN3CCN(CCO)CC3)c2c(=O)[nH]1. The molecular weight excluding hydrogens is 384 g/mol. The van der Waals surface area contributed by atoms with Crippen LogP contribution >= 0.6 is 0 Å². The van der Waals surface area contributed by atoms with Gasteiger partial charge in [0.15, 0.2) is 0 Å². The topological polar surface area (TPSA) is 117 Å². The molecule has 0 unspecified atom stereocenters. The second-order valence-electron chi connectivity index (χ2n) is 8.01. The van der Waals surface area contributed by atoms with Gasteiger partial charge < -0.3 is 10.1 Å². The van der Waals surface area contributed by atoms with Gasteiger partial charge in [-0.05, 0) is 12.0 Å². The maximum atomic E-state index is 12.7. The molecule has 2 aromatic rings. The summed E-state index contributed by atoms with van der Waals surface area (Å²) in [5.41, 5.74) is 1.16. The number of aliphatic hydroxyl groups excluding tert-OH is 1. The van der Waals surface area contributed by atoms with Crippen LogP contribution < -0.4 is 10.9 Å². The Bertz CT molecular complexity index is 869.